The molecule has 5 heteroatoms. The molecule has 0 aromatic heterocycles. The van der Waals surface area contributed by atoms with Crippen LogP contribution >= 0.6 is 0 Å². The van der Waals surface area contributed by atoms with Crippen LogP contribution in [-0.2, 0) is 9.59 Å². The Labute approximate surface area is 90.2 Å². The molecular weight excluding hydrogens is 196 g/mol. The summed E-state index contributed by atoms with van der Waals surface area (Å²) in [6.07, 6.45) is 1.54. The molecule has 0 radical (unpaired) electrons. The Morgan fingerprint density at radius 1 is 1.27 bits per heavy atom. The molecule has 0 aromatic carbocycles. The van der Waals surface area contributed by atoms with Gasteiger partial charge in [0.25, 0.3) is 0 Å². The minimum absolute atomic E-state index is 0.213. The number of nitrogens with two attached hydrogens (primary N) is 1. The number of carboxylic acids is 1. The lowest BCUT2D eigenvalue weighted by Gasteiger charge is -2.27. The van der Waals surface area contributed by atoms with E-state index in [2.05, 4.69) is 0 Å². The van der Waals surface area contributed by atoms with Crippen LogP contribution in [0.25, 0.3) is 0 Å². The topological polar surface area (TPSA) is 83.6 Å². The molecule has 0 unspecified atom stereocenters. The summed E-state index contributed by atoms with van der Waals surface area (Å²) in [6.45, 7) is 5.38. The van der Waals surface area contributed by atoms with Crippen molar-refractivity contribution in [1.82, 2.24) is 4.90 Å². The van der Waals surface area contributed by atoms with Crippen LogP contribution in [0.3, 0.4) is 0 Å². The maximum Gasteiger partial charge on any atom is 0.305 e. The van der Waals surface area contributed by atoms with E-state index in [1.807, 2.05) is 18.7 Å². The molecule has 15 heavy (non-hydrogen) atoms. The van der Waals surface area contributed by atoms with E-state index in [0.717, 1.165) is 12.8 Å². The predicted octanol–water partition coefficient (Wildman–Crippen LogP) is 0.437. The molecule has 0 aliphatic rings. The van der Waals surface area contributed by atoms with Crippen LogP contribution in [0.15, 0.2) is 0 Å². The average molecular weight is 216 g/mol. The molecule has 0 fully saturated rings. The van der Waals surface area contributed by atoms with E-state index in [-0.39, 0.29) is 6.42 Å². The van der Waals surface area contributed by atoms with Crippen molar-refractivity contribution in [3.05, 3.63) is 0 Å². The van der Waals surface area contributed by atoms with Gasteiger partial charge in [-0.2, -0.15) is 0 Å². The van der Waals surface area contributed by atoms with Gasteiger partial charge in [0.15, 0.2) is 0 Å². The first-order valence-corrected chi connectivity index (χ1v) is 5.28. The monoisotopic (exact) mass is 216 g/mol. The van der Waals surface area contributed by atoms with Crippen LogP contribution in [0.2, 0.25) is 0 Å². The standard InChI is InChI=1S/C10H20N2O3/c1-3-5-12(6-4-2)8(10(11)15)7-9(13)14/h8H,3-7H2,1-2H3,(H2,11,15)(H,13,14)/t8-/m0/s1. The zero-order chi connectivity index (χ0) is 11.8. The maximum atomic E-state index is 11.1. The summed E-state index contributed by atoms with van der Waals surface area (Å²) in [5, 5.41) is 8.68. The van der Waals surface area contributed by atoms with Gasteiger partial charge in [-0.25, -0.2) is 0 Å². The molecule has 0 aliphatic heterocycles. The molecule has 0 aliphatic carbocycles. The van der Waals surface area contributed by atoms with Gasteiger partial charge in [-0.1, -0.05) is 13.8 Å². The smallest absolute Gasteiger partial charge is 0.305 e. The first-order valence-electron chi connectivity index (χ1n) is 5.28. The van der Waals surface area contributed by atoms with E-state index >= 15 is 0 Å². The minimum atomic E-state index is -0.990. The average Bonchev–Trinajstić information content (AvgIpc) is 2.13. The SMILES string of the molecule is CCCN(CCC)[C@@H](CC(=O)O)C(N)=O. The van der Waals surface area contributed by atoms with E-state index in [9.17, 15) is 9.59 Å². The van der Waals surface area contributed by atoms with Gasteiger partial charge in [-0.05, 0) is 25.9 Å². The molecule has 1 atom stereocenters. The molecular formula is C10H20N2O3. The molecule has 0 rings (SSSR count). The highest BCUT2D eigenvalue weighted by atomic mass is 16.4. The molecule has 0 aromatic rings. The Bertz CT molecular complexity index is 213. The lowest BCUT2D eigenvalue weighted by molar-refractivity contribution is -0.141. The number of carboxylic acid groups (broad SMARTS) is 1. The summed E-state index contributed by atoms with van der Waals surface area (Å²) in [4.78, 5) is 23.6. The quantitative estimate of drug-likeness (QED) is 0.616. The zero-order valence-corrected chi connectivity index (χ0v) is 9.40. The molecule has 3 N–H and O–H groups in total. The molecule has 5 nitrogen and oxygen atoms in total. The maximum absolute atomic E-state index is 11.1. The molecule has 0 saturated carbocycles. The molecule has 0 bridgehead atoms. The fourth-order valence-corrected chi connectivity index (χ4v) is 1.57. The minimum Gasteiger partial charge on any atom is -0.481 e. The summed E-state index contributed by atoms with van der Waals surface area (Å²) in [6, 6.07) is -0.678. The van der Waals surface area contributed by atoms with E-state index in [0.29, 0.717) is 13.1 Å². The molecule has 0 spiro atoms. The Balaban J connectivity index is 4.50. The Morgan fingerprint density at radius 3 is 2.00 bits per heavy atom. The second-order valence-corrected chi connectivity index (χ2v) is 3.55. The normalized spacial score (nSPS) is 12.7. The lowest BCUT2D eigenvalue weighted by atomic mass is 10.1. The second-order valence-electron chi connectivity index (χ2n) is 3.55. The molecule has 88 valence electrons. The van der Waals surface area contributed by atoms with Crippen LogP contribution in [-0.4, -0.2) is 41.0 Å². The third-order valence-electron chi connectivity index (χ3n) is 2.16. The van der Waals surface area contributed by atoms with Gasteiger partial charge in [0.05, 0.1) is 12.5 Å². The fraction of sp³-hybridized carbons (Fsp3) is 0.800. The summed E-state index contributed by atoms with van der Waals surface area (Å²) in [5.74, 6) is -1.55. The Hall–Kier alpha value is -1.10. The van der Waals surface area contributed by atoms with Crippen LogP contribution < -0.4 is 5.73 Å². The highest BCUT2D eigenvalue weighted by Crippen LogP contribution is 2.06. The number of carbonyl (C=O) groups excluding carboxylic acids is 1. The highest BCUT2D eigenvalue weighted by Gasteiger charge is 2.25. The summed E-state index contributed by atoms with van der Waals surface area (Å²) in [5.41, 5.74) is 5.20. The Kier molecular flexibility index (Phi) is 6.70. The van der Waals surface area contributed by atoms with Gasteiger partial charge in [-0.3, -0.25) is 14.5 Å². The van der Waals surface area contributed by atoms with Gasteiger partial charge < -0.3 is 10.8 Å². The van der Waals surface area contributed by atoms with Crippen molar-refractivity contribution in [1.29, 1.82) is 0 Å². The number of nitrogens with zero attached hydrogens (tertiary/aromatic N) is 1. The van der Waals surface area contributed by atoms with Gasteiger partial charge in [0.1, 0.15) is 0 Å². The van der Waals surface area contributed by atoms with Gasteiger partial charge in [-0.15, -0.1) is 0 Å². The Morgan fingerprint density at radius 2 is 1.73 bits per heavy atom. The number of rotatable bonds is 8. The van der Waals surface area contributed by atoms with Gasteiger partial charge in [0.2, 0.25) is 5.91 Å². The van der Waals surface area contributed by atoms with E-state index in [1.165, 1.54) is 0 Å². The summed E-state index contributed by atoms with van der Waals surface area (Å²) in [7, 11) is 0. The molecule has 0 heterocycles. The number of hydrogen-bond acceptors (Lipinski definition) is 3. The van der Waals surface area contributed by atoms with E-state index in [1.54, 1.807) is 0 Å². The van der Waals surface area contributed by atoms with Crippen molar-refractivity contribution in [2.24, 2.45) is 5.73 Å². The third kappa shape index (κ3) is 5.37. The first kappa shape index (κ1) is 13.9. The van der Waals surface area contributed by atoms with Crippen LogP contribution in [0.4, 0.5) is 0 Å². The zero-order valence-electron chi connectivity index (χ0n) is 9.40. The van der Waals surface area contributed by atoms with Crippen LogP contribution in [0.1, 0.15) is 33.1 Å². The van der Waals surface area contributed by atoms with Crippen molar-refractivity contribution >= 4 is 11.9 Å². The number of primary amides is 1. The highest BCUT2D eigenvalue weighted by molar-refractivity contribution is 5.84. The predicted molar refractivity (Wildman–Crippen MR) is 57.4 cm³/mol. The first-order chi connectivity index (χ1) is 7.02. The van der Waals surface area contributed by atoms with E-state index in [4.69, 9.17) is 10.8 Å². The number of aliphatic carboxylic acids is 1. The summed E-state index contributed by atoms with van der Waals surface area (Å²) < 4.78 is 0. The number of hydrogen-bond donors (Lipinski definition) is 2. The molecule has 1 amide bonds. The molecule has 0 saturated heterocycles. The lowest BCUT2D eigenvalue weighted by Crippen LogP contribution is -2.46. The van der Waals surface area contributed by atoms with Crippen molar-refractivity contribution < 1.29 is 14.7 Å². The number of amides is 1. The van der Waals surface area contributed by atoms with Gasteiger partial charge in [0, 0.05) is 0 Å². The largest absolute Gasteiger partial charge is 0.481 e. The van der Waals surface area contributed by atoms with Crippen LogP contribution in [0, 0.1) is 0 Å². The number of carbonyl (C=O) groups is 2. The van der Waals surface area contributed by atoms with Crippen molar-refractivity contribution in [3.63, 3.8) is 0 Å². The van der Waals surface area contributed by atoms with Crippen molar-refractivity contribution in [3.8, 4) is 0 Å². The second kappa shape index (κ2) is 7.23. The van der Waals surface area contributed by atoms with Crippen molar-refractivity contribution in [2.45, 2.75) is 39.2 Å². The van der Waals surface area contributed by atoms with Gasteiger partial charge >= 0.3 is 5.97 Å². The van der Waals surface area contributed by atoms with Crippen molar-refractivity contribution in [2.75, 3.05) is 13.1 Å². The van der Waals surface area contributed by atoms with Crippen LogP contribution in [0.5, 0.6) is 0 Å². The third-order valence-corrected chi connectivity index (χ3v) is 2.16. The van der Waals surface area contributed by atoms with E-state index < -0.39 is 17.9 Å². The fourth-order valence-electron chi connectivity index (χ4n) is 1.57. The summed E-state index contributed by atoms with van der Waals surface area (Å²) >= 11 is 0.